The second kappa shape index (κ2) is 11.6. The summed E-state index contributed by atoms with van der Waals surface area (Å²) in [7, 11) is 0. The number of nitrogens with zero attached hydrogens (tertiary/aromatic N) is 5. The first-order valence-corrected chi connectivity index (χ1v) is 16.1. The quantitative estimate of drug-likeness (QED) is 0.128. The van der Waals surface area contributed by atoms with E-state index in [-0.39, 0.29) is 21.1 Å². The van der Waals surface area contributed by atoms with E-state index in [4.69, 9.17) is 14.7 Å². The van der Waals surface area contributed by atoms with Gasteiger partial charge in [-0.3, -0.25) is 9.97 Å². The van der Waals surface area contributed by atoms with Crippen LogP contribution in [0.1, 0.15) is 50.7 Å². The van der Waals surface area contributed by atoms with Crippen LogP contribution in [-0.2, 0) is 21.1 Å². The third-order valence-electron chi connectivity index (χ3n) is 9.26. The molecular formula is C41H31N5OPt. The number of para-hydroxylation sites is 1. The summed E-state index contributed by atoms with van der Waals surface area (Å²) in [6, 6.07) is 34.4. The van der Waals surface area contributed by atoms with Crippen molar-refractivity contribution in [3.63, 3.8) is 0 Å². The van der Waals surface area contributed by atoms with Crippen molar-refractivity contribution in [1.82, 2.24) is 23.8 Å². The molecule has 9 aromatic rings. The molecule has 0 atom stereocenters. The molecule has 0 aliphatic heterocycles. The minimum Gasteiger partial charge on any atom is -0.497 e. The Hall–Kier alpha value is -5.06. The van der Waals surface area contributed by atoms with Gasteiger partial charge in [0.05, 0.1) is 17.0 Å². The maximum Gasteiger partial charge on any atom is 2.00 e. The van der Waals surface area contributed by atoms with Gasteiger partial charge in [-0.25, -0.2) is 4.98 Å². The second-order valence-electron chi connectivity index (χ2n) is 12.8. The van der Waals surface area contributed by atoms with Gasteiger partial charge < -0.3 is 13.5 Å². The minimum absolute atomic E-state index is 0. The van der Waals surface area contributed by atoms with Crippen molar-refractivity contribution in [1.29, 1.82) is 0 Å². The van der Waals surface area contributed by atoms with Crippen LogP contribution in [0, 0.1) is 12.1 Å². The van der Waals surface area contributed by atoms with Gasteiger partial charge in [0.2, 0.25) is 0 Å². The standard InChI is InChI=1S/C41H31N5O.Pt/c1-24(2)28-9-7-10-29(25(3)4)38(28)36-17-16-33-31-15-13-27(23-35(31)40-43-19-21-46(40)41(33)44-36)47-26-12-14-30-32-8-5-6-11-37(32)45-20-18-42-39(45)34(30)22-26;/h5-21,24-25H,1-4H3;/q-2;+2. The van der Waals surface area contributed by atoms with Crippen LogP contribution in [0.3, 0.4) is 0 Å². The smallest absolute Gasteiger partial charge is 0.497 e. The summed E-state index contributed by atoms with van der Waals surface area (Å²) in [5.74, 6) is 1.95. The molecule has 9 rings (SSSR count). The minimum atomic E-state index is 0. The van der Waals surface area contributed by atoms with Gasteiger partial charge in [-0.05, 0) is 45.9 Å². The topological polar surface area (TPSA) is 56.7 Å². The van der Waals surface area contributed by atoms with Crippen molar-refractivity contribution in [2.45, 2.75) is 39.5 Å². The molecule has 0 N–H and O–H groups in total. The number of hydrogen-bond acceptors (Lipinski definition) is 4. The monoisotopic (exact) mass is 804 g/mol. The Morgan fingerprint density at radius 2 is 1.17 bits per heavy atom. The van der Waals surface area contributed by atoms with Gasteiger partial charge in [0.25, 0.3) is 0 Å². The Balaban J connectivity index is 0.00000336. The largest absolute Gasteiger partial charge is 2.00 e. The molecule has 0 saturated carbocycles. The average molecular weight is 805 g/mol. The molecule has 0 saturated heterocycles. The third-order valence-corrected chi connectivity index (χ3v) is 9.26. The van der Waals surface area contributed by atoms with Gasteiger partial charge in [0.15, 0.2) is 0 Å². The molecular weight excluding hydrogens is 774 g/mol. The molecule has 0 bridgehead atoms. The van der Waals surface area contributed by atoms with Gasteiger partial charge in [-0.1, -0.05) is 116 Å². The SMILES string of the molecule is CC(C)c1cccc(C(C)C)c1-c1ccc2c3ccc(Oc4[c-]c5c(cc4)c4ccccc4n4ccnc54)[c-]c3c3nccn3c2n1.[Pt+2]. The number of benzene rings is 4. The van der Waals surface area contributed by atoms with Crippen molar-refractivity contribution in [3.8, 4) is 22.8 Å². The molecule has 5 heterocycles. The summed E-state index contributed by atoms with van der Waals surface area (Å²) in [4.78, 5) is 14.7. The molecule has 7 heteroatoms. The number of aromatic nitrogens is 5. The summed E-state index contributed by atoms with van der Waals surface area (Å²) in [6.45, 7) is 8.99. The van der Waals surface area contributed by atoms with E-state index in [9.17, 15) is 0 Å². The normalized spacial score (nSPS) is 12.0. The fraction of sp³-hybridized carbons (Fsp3) is 0.146. The second-order valence-corrected chi connectivity index (χ2v) is 12.8. The zero-order chi connectivity index (χ0) is 31.8. The molecule has 0 fully saturated rings. The van der Waals surface area contributed by atoms with Crippen LogP contribution in [-0.4, -0.2) is 23.8 Å². The van der Waals surface area contributed by atoms with Crippen molar-refractivity contribution in [2.75, 3.05) is 0 Å². The average Bonchev–Trinajstić information content (AvgIpc) is 3.79. The van der Waals surface area contributed by atoms with Gasteiger partial charge in [0, 0.05) is 47.4 Å². The number of pyridine rings is 3. The van der Waals surface area contributed by atoms with Crippen LogP contribution in [0.15, 0.2) is 104 Å². The van der Waals surface area contributed by atoms with Gasteiger partial charge >= 0.3 is 21.1 Å². The van der Waals surface area contributed by atoms with Gasteiger partial charge in [0.1, 0.15) is 5.65 Å². The van der Waals surface area contributed by atoms with Crippen LogP contribution in [0.4, 0.5) is 0 Å². The molecule has 0 spiro atoms. The van der Waals surface area contributed by atoms with E-state index in [1.165, 1.54) is 16.7 Å². The molecule has 4 aromatic carbocycles. The first kappa shape index (κ1) is 30.3. The first-order chi connectivity index (χ1) is 23.0. The van der Waals surface area contributed by atoms with Crippen LogP contribution in [0.25, 0.3) is 66.0 Å². The van der Waals surface area contributed by atoms with Gasteiger partial charge in [-0.2, -0.15) is 0 Å². The van der Waals surface area contributed by atoms with E-state index in [1.54, 1.807) is 0 Å². The summed E-state index contributed by atoms with van der Waals surface area (Å²) >= 11 is 0. The molecule has 5 aromatic heterocycles. The molecule has 236 valence electrons. The molecule has 0 aliphatic carbocycles. The zero-order valence-corrected chi connectivity index (χ0v) is 29.2. The summed E-state index contributed by atoms with van der Waals surface area (Å²) in [5, 5.41) is 6.09. The summed E-state index contributed by atoms with van der Waals surface area (Å²) in [6.07, 6.45) is 7.61. The maximum absolute atomic E-state index is 6.42. The van der Waals surface area contributed by atoms with E-state index in [1.807, 2.05) is 43.0 Å². The van der Waals surface area contributed by atoms with Crippen LogP contribution < -0.4 is 4.74 Å². The summed E-state index contributed by atoms with van der Waals surface area (Å²) in [5.41, 5.74) is 8.46. The zero-order valence-electron chi connectivity index (χ0n) is 26.9. The van der Waals surface area contributed by atoms with Gasteiger partial charge in [-0.15, -0.1) is 12.1 Å². The van der Waals surface area contributed by atoms with E-state index in [0.29, 0.717) is 23.3 Å². The molecule has 0 aliphatic rings. The molecule has 0 radical (unpaired) electrons. The van der Waals surface area contributed by atoms with Crippen molar-refractivity contribution >= 4 is 54.8 Å². The predicted octanol–water partition coefficient (Wildman–Crippen LogP) is 10.3. The van der Waals surface area contributed by atoms with Crippen molar-refractivity contribution in [2.24, 2.45) is 0 Å². The number of ether oxygens (including phenoxy) is 1. The number of rotatable bonds is 5. The molecule has 48 heavy (non-hydrogen) atoms. The predicted molar refractivity (Wildman–Crippen MR) is 190 cm³/mol. The number of hydrogen-bond donors (Lipinski definition) is 0. The third kappa shape index (κ3) is 4.62. The fourth-order valence-corrected chi connectivity index (χ4v) is 7.07. The van der Waals surface area contributed by atoms with Crippen LogP contribution >= 0.6 is 0 Å². The van der Waals surface area contributed by atoms with E-state index in [2.05, 4.69) is 114 Å². The Kier molecular flexibility index (Phi) is 7.30. The Bertz CT molecular complexity index is 2660. The first-order valence-electron chi connectivity index (χ1n) is 16.1. The molecule has 6 nitrogen and oxygen atoms in total. The fourth-order valence-electron chi connectivity index (χ4n) is 7.07. The Labute approximate surface area is 292 Å². The number of fused-ring (bicyclic) bond motifs is 12. The summed E-state index contributed by atoms with van der Waals surface area (Å²) < 4.78 is 10.6. The number of imidazole rings is 2. The van der Waals surface area contributed by atoms with Crippen molar-refractivity contribution < 1.29 is 25.8 Å². The maximum atomic E-state index is 6.42. The van der Waals surface area contributed by atoms with Crippen molar-refractivity contribution in [3.05, 3.63) is 127 Å². The van der Waals surface area contributed by atoms with E-state index in [0.717, 1.165) is 60.5 Å². The van der Waals surface area contributed by atoms with Crippen LogP contribution in [0.5, 0.6) is 11.5 Å². The molecule has 0 unspecified atom stereocenters. The molecule has 0 amide bonds. The Morgan fingerprint density at radius 1 is 0.583 bits per heavy atom. The van der Waals surface area contributed by atoms with Crippen LogP contribution in [0.2, 0.25) is 0 Å². The Morgan fingerprint density at radius 3 is 1.83 bits per heavy atom. The van der Waals surface area contributed by atoms with E-state index >= 15 is 0 Å². The van der Waals surface area contributed by atoms with E-state index < -0.39 is 0 Å².